The molecule has 1 heterocycles. The lowest BCUT2D eigenvalue weighted by Crippen LogP contribution is -2.12. The molecule has 2 rings (SSSR count). The van der Waals surface area contributed by atoms with Gasteiger partial charge in [-0.15, -0.1) is 0 Å². The van der Waals surface area contributed by atoms with Gasteiger partial charge in [0.2, 0.25) is 11.8 Å². The predicted octanol–water partition coefficient (Wildman–Crippen LogP) is 1.38. The van der Waals surface area contributed by atoms with Crippen molar-refractivity contribution in [2.45, 2.75) is 0 Å². The molecule has 7 nitrogen and oxygen atoms in total. The Morgan fingerprint density at radius 1 is 1.10 bits per heavy atom. The molecule has 0 atom stereocenters. The number of benzene rings is 1. The molecule has 104 valence electrons. The molecule has 0 aliphatic heterocycles. The first-order chi connectivity index (χ1) is 9.63. The summed E-state index contributed by atoms with van der Waals surface area (Å²) in [5.41, 5.74) is 5.51. The zero-order valence-electron chi connectivity index (χ0n) is 11.0. The number of nitrogens with zero attached hydrogens (tertiary/aromatic N) is 2. The Labute approximate surface area is 115 Å². The molecule has 0 aliphatic carbocycles. The molecule has 0 saturated carbocycles. The minimum Gasteiger partial charge on any atom is -0.481 e. The van der Waals surface area contributed by atoms with Gasteiger partial charge in [-0.1, -0.05) is 12.1 Å². The largest absolute Gasteiger partial charge is 0.481 e. The Kier molecular flexibility index (Phi) is 3.99. The van der Waals surface area contributed by atoms with E-state index in [-0.39, 0.29) is 29.1 Å². The van der Waals surface area contributed by atoms with E-state index in [0.29, 0.717) is 0 Å². The highest BCUT2D eigenvalue weighted by molar-refractivity contribution is 5.95. The quantitative estimate of drug-likeness (QED) is 0.885. The lowest BCUT2D eigenvalue weighted by molar-refractivity contribution is 0.0998. The van der Waals surface area contributed by atoms with Crippen LogP contribution in [0.15, 0.2) is 30.3 Å². The van der Waals surface area contributed by atoms with Crippen molar-refractivity contribution in [2.75, 3.05) is 14.2 Å². The molecule has 2 aromatic rings. The standard InChI is InChI=1S/C13H13N3O4/c1-18-10-7-11(19-2)16-13(15-10)20-9-6-4-3-5-8(9)12(14)17/h3-7H,1-2H3,(H2,14,17). The van der Waals surface area contributed by atoms with Crippen LogP contribution < -0.4 is 19.9 Å². The van der Waals surface area contributed by atoms with Crippen molar-refractivity contribution in [1.29, 1.82) is 0 Å². The van der Waals surface area contributed by atoms with Crippen molar-refractivity contribution in [1.82, 2.24) is 9.97 Å². The molecule has 2 N–H and O–H groups in total. The number of hydrogen-bond acceptors (Lipinski definition) is 6. The number of amides is 1. The molecule has 1 aromatic carbocycles. The van der Waals surface area contributed by atoms with Crippen LogP contribution in [0.3, 0.4) is 0 Å². The number of rotatable bonds is 5. The Morgan fingerprint density at radius 3 is 2.25 bits per heavy atom. The summed E-state index contributed by atoms with van der Waals surface area (Å²) in [5.74, 6) is 0.220. The molecule has 0 bridgehead atoms. The zero-order chi connectivity index (χ0) is 14.5. The zero-order valence-corrected chi connectivity index (χ0v) is 11.0. The number of primary amides is 1. The van der Waals surface area contributed by atoms with Crippen LogP contribution in [-0.4, -0.2) is 30.1 Å². The van der Waals surface area contributed by atoms with E-state index in [9.17, 15) is 4.79 Å². The van der Waals surface area contributed by atoms with Crippen LogP contribution in [-0.2, 0) is 0 Å². The van der Waals surface area contributed by atoms with Gasteiger partial charge in [0.25, 0.3) is 5.91 Å². The minimum atomic E-state index is -0.601. The summed E-state index contributed by atoms with van der Waals surface area (Å²) in [7, 11) is 2.92. The van der Waals surface area contributed by atoms with E-state index >= 15 is 0 Å². The molecule has 1 amide bonds. The Hall–Kier alpha value is -2.83. The number of hydrogen-bond donors (Lipinski definition) is 1. The van der Waals surface area contributed by atoms with Gasteiger partial charge in [-0.2, -0.15) is 9.97 Å². The molecule has 0 unspecified atom stereocenters. The van der Waals surface area contributed by atoms with Crippen molar-refractivity contribution < 1.29 is 19.0 Å². The van der Waals surface area contributed by atoms with Crippen molar-refractivity contribution in [3.63, 3.8) is 0 Å². The summed E-state index contributed by atoms with van der Waals surface area (Å²) in [6, 6.07) is 8.03. The molecule has 0 radical (unpaired) electrons. The lowest BCUT2D eigenvalue weighted by atomic mass is 10.2. The van der Waals surface area contributed by atoms with Crippen molar-refractivity contribution in [3.8, 4) is 23.5 Å². The maximum Gasteiger partial charge on any atom is 0.328 e. The number of methoxy groups -OCH3 is 2. The van der Waals surface area contributed by atoms with Crippen molar-refractivity contribution in [3.05, 3.63) is 35.9 Å². The fourth-order valence-electron chi connectivity index (χ4n) is 1.50. The molecule has 0 aliphatic rings. The van der Waals surface area contributed by atoms with E-state index in [2.05, 4.69) is 9.97 Å². The monoisotopic (exact) mass is 275 g/mol. The number of aromatic nitrogens is 2. The highest BCUT2D eigenvalue weighted by Gasteiger charge is 2.12. The third-order valence-corrected chi connectivity index (χ3v) is 2.43. The first-order valence-corrected chi connectivity index (χ1v) is 5.67. The van der Waals surface area contributed by atoms with Gasteiger partial charge in [0.05, 0.1) is 25.8 Å². The van der Waals surface area contributed by atoms with Crippen LogP contribution in [0.1, 0.15) is 10.4 Å². The number of carbonyl (C=O) groups excluding carboxylic acids is 1. The van der Waals surface area contributed by atoms with Gasteiger partial charge in [-0.25, -0.2) is 0 Å². The molecule has 1 aromatic heterocycles. The van der Waals surface area contributed by atoms with Gasteiger partial charge < -0.3 is 19.9 Å². The van der Waals surface area contributed by atoms with Crippen molar-refractivity contribution >= 4 is 5.91 Å². The average Bonchev–Trinajstić information content (AvgIpc) is 2.47. The molecular formula is C13H13N3O4. The second-order valence-electron chi connectivity index (χ2n) is 3.70. The van der Waals surface area contributed by atoms with Crippen LogP contribution in [0.5, 0.6) is 23.5 Å². The van der Waals surface area contributed by atoms with E-state index in [0.717, 1.165) is 0 Å². The summed E-state index contributed by atoms with van der Waals surface area (Å²) < 4.78 is 15.5. The first kappa shape index (κ1) is 13.6. The number of nitrogens with two attached hydrogens (primary N) is 1. The molecule has 0 spiro atoms. The van der Waals surface area contributed by atoms with E-state index in [1.807, 2.05) is 0 Å². The SMILES string of the molecule is COc1cc(OC)nc(Oc2ccccc2C(N)=O)n1. The lowest BCUT2D eigenvalue weighted by Gasteiger charge is -2.09. The fraction of sp³-hybridized carbons (Fsp3) is 0.154. The summed E-state index contributed by atoms with van der Waals surface area (Å²) >= 11 is 0. The van der Waals surface area contributed by atoms with Gasteiger partial charge in [0.15, 0.2) is 0 Å². The van der Waals surface area contributed by atoms with Gasteiger partial charge in [-0.05, 0) is 12.1 Å². The van der Waals surface area contributed by atoms with Crippen LogP contribution in [0.4, 0.5) is 0 Å². The minimum absolute atomic E-state index is 0.00472. The van der Waals surface area contributed by atoms with Crippen molar-refractivity contribution in [2.24, 2.45) is 5.73 Å². The normalized spacial score (nSPS) is 9.90. The predicted molar refractivity (Wildman–Crippen MR) is 70.2 cm³/mol. The third kappa shape index (κ3) is 2.94. The van der Waals surface area contributed by atoms with E-state index in [1.165, 1.54) is 20.3 Å². The highest BCUT2D eigenvalue weighted by Crippen LogP contribution is 2.25. The second-order valence-corrected chi connectivity index (χ2v) is 3.70. The van der Waals surface area contributed by atoms with Crippen LogP contribution >= 0.6 is 0 Å². The van der Waals surface area contributed by atoms with Crippen LogP contribution in [0.2, 0.25) is 0 Å². The molecule has 20 heavy (non-hydrogen) atoms. The highest BCUT2D eigenvalue weighted by atomic mass is 16.5. The van der Waals surface area contributed by atoms with E-state index in [4.69, 9.17) is 19.9 Å². The number of carbonyl (C=O) groups is 1. The second kappa shape index (κ2) is 5.87. The molecule has 0 saturated heterocycles. The fourth-order valence-corrected chi connectivity index (χ4v) is 1.50. The average molecular weight is 275 g/mol. The van der Waals surface area contributed by atoms with Crippen LogP contribution in [0.25, 0.3) is 0 Å². The van der Waals surface area contributed by atoms with E-state index < -0.39 is 5.91 Å². The van der Waals surface area contributed by atoms with Crippen LogP contribution in [0, 0.1) is 0 Å². The van der Waals surface area contributed by atoms with Gasteiger partial charge >= 0.3 is 6.01 Å². The topological polar surface area (TPSA) is 96.6 Å². The molecule has 0 fully saturated rings. The summed E-state index contributed by atoms with van der Waals surface area (Å²) in [5, 5.41) is 0. The number of ether oxygens (including phenoxy) is 3. The van der Waals surface area contributed by atoms with E-state index in [1.54, 1.807) is 24.3 Å². The smallest absolute Gasteiger partial charge is 0.328 e. The molecule has 7 heteroatoms. The maximum absolute atomic E-state index is 11.3. The molecular weight excluding hydrogens is 262 g/mol. The maximum atomic E-state index is 11.3. The number of para-hydroxylation sites is 1. The van der Waals surface area contributed by atoms with Gasteiger partial charge in [0.1, 0.15) is 5.75 Å². The van der Waals surface area contributed by atoms with Gasteiger partial charge in [0, 0.05) is 0 Å². The Balaban J connectivity index is 2.37. The Bertz CT molecular complexity index is 609. The first-order valence-electron chi connectivity index (χ1n) is 5.67. The summed E-state index contributed by atoms with van der Waals surface area (Å²) in [6.45, 7) is 0. The van der Waals surface area contributed by atoms with Gasteiger partial charge in [-0.3, -0.25) is 4.79 Å². The Morgan fingerprint density at radius 2 is 1.70 bits per heavy atom. The third-order valence-electron chi connectivity index (χ3n) is 2.43. The summed E-state index contributed by atoms with van der Waals surface area (Å²) in [4.78, 5) is 19.3. The summed E-state index contributed by atoms with van der Waals surface area (Å²) in [6.07, 6.45) is 0.